The van der Waals surface area contributed by atoms with E-state index < -0.39 is 0 Å². The van der Waals surface area contributed by atoms with E-state index >= 15 is 0 Å². The van der Waals surface area contributed by atoms with Crippen LogP contribution in [0.15, 0.2) is 24.3 Å². The second kappa shape index (κ2) is 6.18. The van der Waals surface area contributed by atoms with Gasteiger partial charge in [-0.1, -0.05) is 6.07 Å². The lowest BCUT2D eigenvalue weighted by Gasteiger charge is -2.06. The van der Waals surface area contributed by atoms with E-state index in [4.69, 9.17) is 10.00 Å². The zero-order valence-electron chi connectivity index (χ0n) is 10.2. The van der Waals surface area contributed by atoms with Gasteiger partial charge in [0.1, 0.15) is 0 Å². The molecule has 1 saturated carbocycles. The maximum absolute atomic E-state index is 11.6. The van der Waals surface area contributed by atoms with Crippen molar-refractivity contribution in [3.63, 3.8) is 0 Å². The van der Waals surface area contributed by atoms with Crippen molar-refractivity contribution >= 4 is 11.6 Å². The highest BCUT2D eigenvalue weighted by Gasteiger charge is 2.21. The van der Waals surface area contributed by atoms with Crippen LogP contribution in [0, 0.1) is 17.2 Å². The standard InChI is InChI=1S/C14H16N2O2/c15-9-12-2-1-3-13(8-12)16-14(17)6-7-18-10-11-4-5-11/h1-3,8,11H,4-7,10H2,(H,16,17). The van der Waals surface area contributed by atoms with Crippen molar-refractivity contribution in [2.24, 2.45) is 5.92 Å². The summed E-state index contributed by atoms with van der Waals surface area (Å²) in [5.41, 5.74) is 1.19. The van der Waals surface area contributed by atoms with Gasteiger partial charge in [0.05, 0.1) is 24.7 Å². The van der Waals surface area contributed by atoms with Crippen molar-refractivity contribution in [3.8, 4) is 6.07 Å². The molecule has 0 aliphatic heterocycles. The first-order valence-electron chi connectivity index (χ1n) is 6.15. The zero-order valence-corrected chi connectivity index (χ0v) is 10.2. The Morgan fingerprint density at radius 3 is 3.06 bits per heavy atom. The van der Waals surface area contributed by atoms with E-state index in [2.05, 4.69) is 5.32 Å². The molecule has 0 spiro atoms. The number of anilines is 1. The second-order valence-electron chi connectivity index (χ2n) is 4.51. The summed E-state index contributed by atoms with van der Waals surface area (Å²) in [6.45, 7) is 1.23. The fraction of sp³-hybridized carbons (Fsp3) is 0.429. The molecule has 0 aromatic heterocycles. The maximum atomic E-state index is 11.6. The van der Waals surface area contributed by atoms with Gasteiger partial charge >= 0.3 is 0 Å². The molecule has 0 atom stereocenters. The van der Waals surface area contributed by atoms with Gasteiger partial charge < -0.3 is 10.1 Å². The second-order valence-corrected chi connectivity index (χ2v) is 4.51. The lowest BCUT2D eigenvalue weighted by molar-refractivity contribution is -0.117. The summed E-state index contributed by atoms with van der Waals surface area (Å²) in [5.74, 6) is 0.640. The Morgan fingerprint density at radius 1 is 1.50 bits per heavy atom. The Balaban J connectivity index is 1.70. The largest absolute Gasteiger partial charge is 0.381 e. The number of carbonyl (C=O) groups excluding carboxylic acids is 1. The van der Waals surface area contributed by atoms with Crippen molar-refractivity contribution in [1.29, 1.82) is 5.26 Å². The van der Waals surface area contributed by atoms with Gasteiger partial charge in [0.15, 0.2) is 0 Å². The van der Waals surface area contributed by atoms with Gasteiger partial charge in [-0.25, -0.2) is 0 Å². The monoisotopic (exact) mass is 244 g/mol. The Morgan fingerprint density at radius 2 is 2.33 bits per heavy atom. The van der Waals surface area contributed by atoms with Crippen LogP contribution in [-0.4, -0.2) is 19.1 Å². The number of hydrogen-bond acceptors (Lipinski definition) is 3. The van der Waals surface area contributed by atoms with Gasteiger partial charge in [-0.3, -0.25) is 4.79 Å². The summed E-state index contributed by atoms with van der Waals surface area (Å²) < 4.78 is 5.40. The van der Waals surface area contributed by atoms with Crippen molar-refractivity contribution in [1.82, 2.24) is 0 Å². The van der Waals surface area contributed by atoms with E-state index in [1.807, 2.05) is 6.07 Å². The third kappa shape index (κ3) is 4.19. The summed E-state index contributed by atoms with van der Waals surface area (Å²) in [6, 6.07) is 8.91. The third-order valence-electron chi connectivity index (χ3n) is 2.80. The molecule has 1 aliphatic rings. The average molecular weight is 244 g/mol. The van der Waals surface area contributed by atoms with Gasteiger partial charge in [-0.15, -0.1) is 0 Å². The number of amides is 1. The highest BCUT2D eigenvalue weighted by molar-refractivity contribution is 5.90. The number of nitrogens with one attached hydrogen (secondary N) is 1. The van der Waals surface area contributed by atoms with Crippen LogP contribution >= 0.6 is 0 Å². The summed E-state index contributed by atoms with van der Waals surface area (Å²) in [5, 5.41) is 11.5. The highest BCUT2D eigenvalue weighted by Crippen LogP contribution is 2.28. The van der Waals surface area contributed by atoms with Gasteiger partial charge in [0.25, 0.3) is 0 Å². The van der Waals surface area contributed by atoms with Crippen LogP contribution in [-0.2, 0) is 9.53 Å². The summed E-state index contributed by atoms with van der Waals surface area (Å²) in [4.78, 5) is 11.6. The maximum Gasteiger partial charge on any atom is 0.226 e. The quantitative estimate of drug-likeness (QED) is 0.781. The predicted octanol–water partition coefficient (Wildman–Crippen LogP) is 2.31. The molecule has 18 heavy (non-hydrogen) atoms. The molecule has 4 heteroatoms. The Kier molecular flexibility index (Phi) is 4.32. The summed E-state index contributed by atoms with van der Waals surface area (Å²) in [6.07, 6.45) is 2.86. The zero-order chi connectivity index (χ0) is 12.8. The van der Waals surface area contributed by atoms with Crippen LogP contribution in [0.5, 0.6) is 0 Å². The fourth-order valence-corrected chi connectivity index (χ4v) is 1.59. The number of benzene rings is 1. The normalized spacial score (nSPS) is 13.9. The topological polar surface area (TPSA) is 62.1 Å². The van der Waals surface area contributed by atoms with Gasteiger partial charge in [-0.05, 0) is 37.0 Å². The molecule has 0 radical (unpaired) electrons. The molecule has 1 amide bonds. The minimum Gasteiger partial charge on any atom is -0.381 e. The van der Waals surface area contributed by atoms with E-state index in [1.165, 1.54) is 12.8 Å². The molecule has 2 rings (SSSR count). The smallest absolute Gasteiger partial charge is 0.226 e. The number of ether oxygens (including phenoxy) is 1. The van der Waals surface area contributed by atoms with E-state index in [0.717, 1.165) is 12.5 Å². The number of carbonyl (C=O) groups is 1. The molecule has 1 aromatic carbocycles. The van der Waals surface area contributed by atoms with Crippen LogP contribution in [0.3, 0.4) is 0 Å². The first-order valence-corrected chi connectivity index (χ1v) is 6.15. The molecule has 0 heterocycles. The van der Waals surface area contributed by atoms with Crippen molar-refractivity contribution in [2.45, 2.75) is 19.3 Å². The lowest BCUT2D eigenvalue weighted by Crippen LogP contribution is -2.14. The Labute approximate surface area is 107 Å². The van der Waals surface area contributed by atoms with Crippen LogP contribution in [0.25, 0.3) is 0 Å². The average Bonchev–Trinajstić information content (AvgIpc) is 3.19. The molecule has 0 bridgehead atoms. The van der Waals surface area contributed by atoms with Gasteiger partial charge in [-0.2, -0.15) is 5.26 Å². The van der Waals surface area contributed by atoms with Crippen LogP contribution in [0.2, 0.25) is 0 Å². The van der Waals surface area contributed by atoms with Crippen molar-refractivity contribution < 1.29 is 9.53 Å². The minimum absolute atomic E-state index is 0.0825. The number of nitrogens with zero attached hydrogens (tertiary/aromatic N) is 1. The van der Waals surface area contributed by atoms with Crippen LogP contribution in [0.1, 0.15) is 24.8 Å². The molecule has 1 aliphatic carbocycles. The molecule has 1 N–H and O–H groups in total. The molecule has 0 saturated heterocycles. The predicted molar refractivity (Wildman–Crippen MR) is 67.9 cm³/mol. The summed E-state index contributed by atoms with van der Waals surface area (Å²) >= 11 is 0. The molecule has 1 fully saturated rings. The SMILES string of the molecule is N#Cc1cccc(NC(=O)CCOCC2CC2)c1. The van der Waals surface area contributed by atoms with Gasteiger partial charge in [0, 0.05) is 12.3 Å². The molecular weight excluding hydrogens is 228 g/mol. The highest BCUT2D eigenvalue weighted by atomic mass is 16.5. The molecule has 0 unspecified atom stereocenters. The molecular formula is C14H16N2O2. The van der Waals surface area contributed by atoms with E-state index in [-0.39, 0.29) is 5.91 Å². The first kappa shape index (κ1) is 12.6. The first-order chi connectivity index (χ1) is 8.78. The minimum atomic E-state index is -0.0825. The van der Waals surface area contributed by atoms with Crippen molar-refractivity contribution in [3.05, 3.63) is 29.8 Å². The lowest BCUT2D eigenvalue weighted by atomic mass is 10.2. The Hall–Kier alpha value is -1.86. The fourth-order valence-electron chi connectivity index (χ4n) is 1.59. The number of rotatable bonds is 6. The Bertz CT molecular complexity index is 461. The third-order valence-corrected chi connectivity index (χ3v) is 2.80. The molecule has 94 valence electrons. The molecule has 4 nitrogen and oxygen atoms in total. The van der Waals surface area contributed by atoms with Crippen molar-refractivity contribution in [2.75, 3.05) is 18.5 Å². The van der Waals surface area contributed by atoms with E-state index in [1.54, 1.807) is 24.3 Å². The summed E-state index contributed by atoms with van der Waals surface area (Å²) in [7, 11) is 0. The van der Waals surface area contributed by atoms with Gasteiger partial charge in [0.2, 0.25) is 5.91 Å². The molecule has 1 aromatic rings. The number of hydrogen-bond donors (Lipinski definition) is 1. The van der Waals surface area contributed by atoms with E-state index in [9.17, 15) is 4.79 Å². The van der Waals surface area contributed by atoms with E-state index in [0.29, 0.717) is 24.3 Å². The van der Waals surface area contributed by atoms with Crippen LogP contribution < -0.4 is 5.32 Å². The number of nitriles is 1. The van der Waals surface area contributed by atoms with Crippen LogP contribution in [0.4, 0.5) is 5.69 Å².